The molecule has 10 nitrogen and oxygen atoms in total. The Labute approximate surface area is 134 Å². The van der Waals surface area contributed by atoms with Gasteiger partial charge < -0.3 is 25.5 Å². The fourth-order valence-electron chi connectivity index (χ4n) is 1.90. The quantitative estimate of drug-likeness (QED) is 0.357. The van der Waals surface area contributed by atoms with E-state index in [1.807, 2.05) is 0 Å². The van der Waals surface area contributed by atoms with Crippen LogP contribution in [0, 0.1) is 0 Å². The van der Waals surface area contributed by atoms with Crippen molar-refractivity contribution >= 4 is 11.9 Å². The molecular formula is C13H25N4O6. The van der Waals surface area contributed by atoms with Crippen LogP contribution in [0.1, 0.15) is 27.7 Å². The molecule has 1 rings (SSSR count). The average molecular weight is 333 g/mol. The van der Waals surface area contributed by atoms with Crippen LogP contribution in [0.25, 0.3) is 0 Å². The molecule has 4 atom stereocenters. The number of urea groups is 1. The van der Waals surface area contributed by atoms with E-state index in [1.165, 1.54) is 0 Å². The van der Waals surface area contributed by atoms with Gasteiger partial charge in [0, 0.05) is 0 Å². The number of hydrogen-bond donors (Lipinski definition) is 5. The molecule has 0 bridgehead atoms. The summed E-state index contributed by atoms with van der Waals surface area (Å²) in [5, 5.41) is 54.0. The lowest BCUT2D eigenvalue weighted by Crippen LogP contribution is -2.60. The molecule has 0 saturated carbocycles. The lowest BCUT2D eigenvalue weighted by atomic mass is 10.0. The summed E-state index contributed by atoms with van der Waals surface area (Å²) >= 11 is 0. The molecule has 0 fully saturated rings. The number of rotatable bonds is 7. The minimum atomic E-state index is -1.84. The summed E-state index contributed by atoms with van der Waals surface area (Å²) in [6.45, 7) is 6.08. The highest BCUT2D eigenvalue weighted by Crippen LogP contribution is 2.16. The van der Waals surface area contributed by atoms with Crippen molar-refractivity contribution in [3.05, 3.63) is 0 Å². The van der Waals surface area contributed by atoms with E-state index >= 15 is 0 Å². The Balaban J connectivity index is 3.03. The lowest BCUT2D eigenvalue weighted by molar-refractivity contribution is -0.102. The number of amidine groups is 1. The van der Waals surface area contributed by atoms with Crippen molar-refractivity contribution < 1.29 is 30.3 Å². The summed E-state index contributed by atoms with van der Waals surface area (Å²) in [4.78, 5) is 12.2. The van der Waals surface area contributed by atoms with Crippen molar-refractivity contribution in [1.82, 2.24) is 15.4 Å². The zero-order valence-electron chi connectivity index (χ0n) is 13.6. The summed E-state index contributed by atoms with van der Waals surface area (Å²) in [5.74, 6) is -0.274. The Morgan fingerprint density at radius 3 is 1.91 bits per heavy atom. The minimum absolute atomic E-state index is 0.274. The first-order chi connectivity index (χ1) is 10.6. The van der Waals surface area contributed by atoms with E-state index in [9.17, 15) is 25.2 Å². The molecule has 0 unspecified atom stereocenters. The third-order valence-electron chi connectivity index (χ3n) is 3.31. The average Bonchev–Trinajstić information content (AvgIpc) is 2.51. The van der Waals surface area contributed by atoms with Crippen molar-refractivity contribution in [3.63, 3.8) is 0 Å². The van der Waals surface area contributed by atoms with Crippen molar-refractivity contribution in [2.24, 2.45) is 5.10 Å². The van der Waals surface area contributed by atoms with Crippen LogP contribution in [0.3, 0.4) is 0 Å². The second-order valence-corrected chi connectivity index (χ2v) is 5.89. The van der Waals surface area contributed by atoms with E-state index in [-0.39, 0.29) is 17.9 Å². The van der Waals surface area contributed by atoms with Crippen LogP contribution in [-0.2, 0) is 0 Å². The predicted octanol–water partition coefficient (Wildman–Crippen LogP) is -2.19. The summed E-state index contributed by atoms with van der Waals surface area (Å²) < 4.78 is 0. The van der Waals surface area contributed by atoms with Gasteiger partial charge in [-0.05, 0) is 27.7 Å². The summed E-state index contributed by atoms with van der Waals surface area (Å²) in [7, 11) is 0. The van der Waals surface area contributed by atoms with Gasteiger partial charge in [-0.25, -0.2) is 14.8 Å². The Hall–Kier alpha value is -1.46. The second kappa shape index (κ2) is 7.88. The van der Waals surface area contributed by atoms with E-state index in [0.29, 0.717) is 0 Å². The topological polar surface area (TPSA) is 151 Å². The van der Waals surface area contributed by atoms with Gasteiger partial charge in [0.05, 0.1) is 18.7 Å². The van der Waals surface area contributed by atoms with Crippen LogP contribution < -0.4 is 5.43 Å². The molecule has 23 heavy (non-hydrogen) atoms. The van der Waals surface area contributed by atoms with Crippen LogP contribution in [0.15, 0.2) is 5.10 Å². The molecule has 0 aliphatic carbocycles. The molecule has 1 aliphatic rings. The number of amides is 2. The first kappa shape index (κ1) is 19.6. The van der Waals surface area contributed by atoms with Crippen LogP contribution in [-0.4, -0.2) is 90.5 Å². The zero-order chi connectivity index (χ0) is 17.9. The molecule has 0 aromatic heterocycles. The highest BCUT2D eigenvalue weighted by atomic mass is 16.4. The van der Waals surface area contributed by atoms with Crippen molar-refractivity contribution in [3.8, 4) is 0 Å². The largest absolute Gasteiger partial charge is 0.394 e. The Morgan fingerprint density at radius 2 is 1.48 bits per heavy atom. The number of carbonyl (C=O) groups is 1. The molecule has 1 heterocycles. The number of carbonyl (C=O) groups excluding carboxylic acids is 1. The molecule has 10 heteroatoms. The third kappa shape index (κ3) is 4.30. The lowest BCUT2D eigenvalue weighted by Gasteiger charge is -2.37. The van der Waals surface area contributed by atoms with Gasteiger partial charge in [-0.1, -0.05) is 0 Å². The highest BCUT2D eigenvalue weighted by Gasteiger charge is 2.40. The molecule has 0 saturated heterocycles. The molecule has 0 aromatic rings. The molecule has 5 N–H and O–H groups in total. The van der Waals surface area contributed by atoms with Gasteiger partial charge in [0.2, 0.25) is 5.84 Å². The van der Waals surface area contributed by atoms with Gasteiger partial charge in [0.15, 0.2) is 0 Å². The predicted molar refractivity (Wildman–Crippen MR) is 80.0 cm³/mol. The van der Waals surface area contributed by atoms with E-state index < -0.39 is 37.1 Å². The number of nitrogens with zero attached hydrogens (tertiary/aromatic N) is 4. The maximum Gasteiger partial charge on any atom is 0.361 e. The number of aliphatic hydroxyl groups is 5. The number of hydrazone groups is 1. The normalized spacial score (nSPS) is 21.2. The molecular weight excluding hydrogens is 308 g/mol. The van der Waals surface area contributed by atoms with Gasteiger partial charge in [-0.15, -0.1) is 10.5 Å². The van der Waals surface area contributed by atoms with Crippen LogP contribution >= 0.6 is 0 Å². The summed E-state index contributed by atoms with van der Waals surface area (Å²) in [6.07, 6.45) is -7.02. The molecule has 1 aliphatic heterocycles. The van der Waals surface area contributed by atoms with Gasteiger partial charge in [-0.3, -0.25) is 0 Å². The minimum Gasteiger partial charge on any atom is -0.394 e. The van der Waals surface area contributed by atoms with Crippen LogP contribution in [0.5, 0.6) is 0 Å². The van der Waals surface area contributed by atoms with E-state index in [0.717, 1.165) is 10.0 Å². The number of hydrogen-bond acceptors (Lipinski definition) is 7. The fourth-order valence-corrected chi connectivity index (χ4v) is 1.90. The smallest absolute Gasteiger partial charge is 0.361 e. The summed E-state index contributed by atoms with van der Waals surface area (Å²) in [6, 6.07) is -1.10. The molecule has 2 amide bonds. The van der Waals surface area contributed by atoms with Crippen molar-refractivity contribution in [2.45, 2.75) is 64.2 Å². The van der Waals surface area contributed by atoms with E-state index in [1.54, 1.807) is 27.7 Å². The van der Waals surface area contributed by atoms with Gasteiger partial charge in [0.25, 0.3) is 0 Å². The Bertz CT molecular complexity index is 444. The van der Waals surface area contributed by atoms with Crippen LogP contribution in [0.4, 0.5) is 4.79 Å². The van der Waals surface area contributed by atoms with Gasteiger partial charge in [0.1, 0.15) is 24.4 Å². The van der Waals surface area contributed by atoms with Crippen molar-refractivity contribution in [1.29, 1.82) is 0 Å². The summed E-state index contributed by atoms with van der Waals surface area (Å²) in [5.41, 5.74) is 3.91. The maximum absolute atomic E-state index is 12.2. The fraction of sp³-hybridized carbons (Fsp3) is 0.846. The maximum atomic E-state index is 12.2. The van der Waals surface area contributed by atoms with Gasteiger partial charge in [-0.2, -0.15) is 0 Å². The Kier molecular flexibility index (Phi) is 6.71. The number of aliphatic hydroxyl groups excluding tert-OH is 5. The molecule has 0 spiro atoms. The molecule has 0 aromatic carbocycles. The monoisotopic (exact) mass is 333 g/mol. The third-order valence-corrected chi connectivity index (χ3v) is 3.31. The highest BCUT2D eigenvalue weighted by molar-refractivity contribution is 5.92. The first-order valence-electron chi connectivity index (χ1n) is 7.37. The van der Waals surface area contributed by atoms with Crippen LogP contribution in [0.2, 0.25) is 0 Å². The van der Waals surface area contributed by atoms with E-state index in [2.05, 4.69) is 10.5 Å². The second-order valence-electron chi connectivity index (χ2n) is 5.89. The first-order valence-corrected chi connectivity index (χ1v) is 7.37. The molecule has 1 radical (unpaired) electrons. The standard InChI is InChI=1S/C13H25N4O6/c1-6(2)16-13(23)17(7(3)4)15-12(14-16)11(22)10(21)9(20)8(19)5-18/h6-11,18-22H,5H2,1-4H3/t8-,9+,10+,11-/m1/s1. The van der Waals surface area contributed by atoms with Crippen molar-refractivity contribution in [2.75, 3.05) is 6.61 Å². The SMILES string of the molecule is CC(C)N1[N]C([C@H](O)[C@@H](O)[C@@H](O)[C@H](O)CO)=NN(C(C)C)C1=O. The molecule has 133 valence electrons. The van der Waals surface area contributed by atoms with E-state index in [4.69, 9.17) is 5.11 Å². The Morgan fingerprint density at radius 1 is 0.957 bits per heavy atom. The zero-order valence-corrected chi connectivity index (χ0v) is 13.6. The van der Waals surface area contributed by atoms with Gasteiger partial charge >= 0.3 is 6.03 Å².